The standard InChI is InChI=1S/C13H14F3N3/c14-13(15,16)8-19-11-4-2-1-3-10(11)18-12(19)9-5-6-17-7-9/h1-4,9,17H,5-8H2. The molecule has 6 heteroatoms. The van der Waals surface area contributed by atoms with E-state index in [1.54, 1.807) is 24.3 Å². The van der Waals surface area contributed by atoms with Crippen molar-refractivity contribution in [3.05, 3.63) is 30.1 Å². The van der Waals surface area contributed by atoms with E-state index in [9.17, 15) is 13.2 Å². The summed E-state index contributed by atoms with van der Waals surface area (Å²) in [5.41, 5.74) is 1.19. The number of imidazole rings is 1. The molecule has 1 atom stereocenters. The third-order valence-corrected chi connectivity index (χ3v) is 3.45. The molecule has 0 radical (unpaired) electrons. The molecule has 0 bridgehead atoms. The Hall–Kier alpha value is -1.56. The summed E-state index contributed by atoms with van der Waals surface area (Å²) in [6, 6.07) is 6.99. The molecule has 102 valence electrons. The van der Waals surface area contributed by atoms with Gasteiger partial charge in [-0.3, -0.25) is 0 Å². The van der Waals surface area contributed by atoms with Gasteiger partial charge in [-0.25, -0.2) is 4.98 Å². The van der Waals surface area contributed by atoms with Crippen LogP contribution in [0.15, 0.2) is 24.3 Å². The molecule has 0 aliphatic carbocycles. The zero-order chi connectivity index (χ0) is 13.5. The van der Waals surface area contributed by atoms with Gasteiger partial charge in [0.05, 0.1) is 11.0 Å². The van der Waals surface area contributed by atoms with Gasteiger partial charge >= 0.3 is 6.18 Å². The van der Waals surface area contributed by atoms with Gasteiger partial charge in [0.2, 0.25) is 0 Å². The van der Waals surface area contributed by atoms with Gasteiger partial charge in [-0.1, -0.05) is 12.1 Å². The molecule has 1 N–H and O–H groups in total. The minimum absolute atomic E-state index is 0.0646. The number of nitrogens with one attached hydrogen (secondary N) is 1. The Morgan fingerprint density at radius 3 is 2.79 bits per heavy atom. The summed E-state index contributed by atoms with van der Waals surface area (Å²) >= 11 is 0. The van der Waals surface area contributed by atoms with Gasteiger partial charge in [0.25, 0.3) is 0 Å². The first-order valence-corrected chi connectivity index (χ1v) is 6.27. The number of para-hydroxylation sites is 2. The summed E-state index contributed by atoms with van der Waals surface area (Å²) in [5, 5.41) is 3.17. The lowest BCUT2D eigenvalue weighted by molar-refractivity contribution is -0.140. The monoisotopic (exact) mass is 269 g/mol. The zero-order valence-corrected chi connectivity index (χ0v) is 10.2. The highest BCUT2D eigenvalue weighted by Gasteiger charge is 2.32. The van der Waals surface area contributed by atoms with Crippen molar-refractivity contribution >= 4 is 11.0 Å². The van der Waals surface area contributed by atoms with Crippen molar-refractivity contribution in [2.24, 2.45) is 0 Å². The van der Waals surface area contributed by atoms with Crippen LogP contribution in [0.3, 0.4) is 0 Å². The maximum atomic E-state index is 12.7. The Morgan fingerprint density at radius 2 is 2.11 bits per heavy atom. The van der Waals surface area contributed by atoms with Crippen molar-refractivity contribution in [1.82, 2.24) is 14.9 Å². The first-order chi connectivity index (χ1) is 9.04. The van der Waals surface area contributed by atoms with Crippen LogP contribution in [0.5, 0.6) is 0 Å². The van der Waals surface area contributed by atoms with Crippen LogP contribution in [-0.4, -0.2) is 28.8 Å². The highest BCUT2D eigenvalue weighted by molar-refractivity contribution is 5.76. The molecule has 3 nitrogen and oxygen atoms in total. The Labute approximate surface area is 108 Å². The Kier molecular flexibility index (Phi) is 2.97. The van der Waals surface area contributed by atoms with Crippen LogP contribution < -0.4 is 5.32 Å². The van der Waals surface area contributed by atoms with E-state index in [0.717, 1.165) is 13.0 Å². The molecule has 0 saturated carbocycles. The number of hydrogen-bond donors (Lipinski definition) is 1. The van der Waals surface area contributed by atoms with Crippen LogP contribution in [-0.2, 0) is 6.54 Å². The quantitative estimate of drug-likeness (QED) is 0.908. The molecule has 1 aliphatic rings. The second-order valence-corrected chi connectivity index (χ2v) is 4.85. The van der Waals surface area contributed by atoms with Gasteiger partial charge in [-0.2, -0.15) is 13.2 Å². The predicted octanol–water partition coefficient (Wildman–Crippen LogP) is 2.68. The van der Waals surface area contributed by atoms with E-state index in [2.05, 4.69) is 10.3 Å². The first-order valence-electron chi connectivity index (χ1n) is 6.27. The summed E-state index contributed by atoms with van der Waals surface area (Å²) in [6.45, 7) is 0.556. The lowest BCUT2D eigenvalue weighted by atomic mass is 10.1. The largest absolute Gasteiger partial charge is 0.406 e. The van der Waals surface area contributed by atoms with Gasteiger partial charge in [0, 0.05) is 12.5 Å². The van der Waals surface area contributed by atoms with Crippen LogP contribution in [0.2, 0.25) is 0 Å². The maximum absolute atomic E-state index is 12.7. The first kappa shape index (κ1) is 12.5. The highest BCUT2D eigenvalue weighted by Crippen LogP contribution is 2.29. The van der Waals surface area contributed by atoms with Crippen molar-refractivity contribution in [1.29, 1.82) is 0 Å². The molecule has 0 amide bonds. The number of fused-ring (bicyclic) bond motifs is 1. The third-order valence-electron chi connectivity index (χ3n) is 3.45. The lowest BCUT2D eigenvalue weighted by Gasteiger charge is -2.14. The molecule has 19 heavy (non-hydrogen) atoms. The fourth-order valence-electron chi connectivity index (χ4n) is 2.63. The normalized spacial score (nSPS) is 20.3. The van der Waals surface area contributed by atoms with Crippen LogP contribution in [0.25, 0.3) is 11.0 Å². The van der Waals surface area contributed by atoms with Crippen molar-refractivity contribution in [2.45, 2.75) is 25.1 Å². The predicted molar refractivity (Wildman–Crippen MR) is 66.0 cm³/mol. The fraction of sp³-hybridized carbons (Fsp3) is 0.462. The van der Waals surface area contributed by atoms with Gasteiger partial charge < -0.3 is 9.88 Å². The number of halogens is 3. The smallest absolute Gasteiger partial charge is 0.319 e. The maximum Gasteiger partial charge on any atom is 0.406 e. The van der Waals surface area contributed by atoms with E-state index >= 15 is 0 Å². The summed E-state index contributed by atoms with van der Waals surface area (Å²) in [5.74, 6) is 0.610. The number of rotatable bonds is 2. The zero-order valence-electron chi connectivity index (χ0n) is 10.2. The topological polar surface area (TPSA) is 29.9 Å². The Morgan fingerprint density at radius 1 is 1.32 bits per heavy atom. The Bertz CT molecular complexity index is 582. The van der Waals surface area contributed by atoms with E-state index < -0.39 is 12.7 Å². The molecule has 1 fully saturated rings. The lowest BCUT2D eigenvalue weighted by Crippen LogP contribution is -2.21. The van der Waals surface area contributed by atoms with E-state index in [0.29, 0.717) is 23.4 Å². The SMILES string of the molecule is FC(F)(F)Cn1c(C2CCNC2)nc2ccccc21. The van der Waals surface area contributed by atoms with Crippen LogP contribution in [0.4, 0.5) is 13.2 Å². The molecule has 1 unspecified atom stereocenters. The summed E-state index contributed by atoms with van der Waals surface area (Å²) in [4.78, 5) is 4.40. The van der Waals surface area contributed by atoms with E-state index in [4.69, 9.17) is 0 Å². The number of aromatic nitrogens is 2. The van der Waals surface area contributed by atoms with E-state index in [1.165, 1.54) is 4.57 Å². The minimum Gasteiger partial charge on any atom is -0.319 e. The van der Waals surface area contributed by atoms with Crippen molar-refractivity contribution < 1.29 is 13.2 Å². The molecule has 1 aromatic carbocycles. The molecule has 2 heterocycles. The Balaban J connectivity index is 2.10. The highest BCUT2D eigenvalue weighted by atomic mass is 19.4. The molecular formula is C13H14F3N3. The van der Waals surface area contributed by atoms with Crippen molar-refractivity contribution in [3.8, 4) is 0 Å². The van der Waals surface area contributed by atoms with Gasteiger partial charge in [-0.05, 0) is 25.1 Å². The average Bonchev–Trinajstić information content (AvgIpc) is 2.95. The number of alkyl halides is 3. The van der Waals surface area contributed by atoms with Gasteiger partial charge in [0.1, 0.15) is 12.4 Å². The van der Waals surface area contributed by atoms with Crippen LogP contribution in [0.1, 0.15) is 18.2 Å². The molecule has 1 aliphatic heterocycles. The summed E-state index contributed by atoms with van der Waals surface area (Å²) < 4.78 is 39.6. The minimum atomic E-state index is -4.23. The van der Waals surface area contributed by atoms with Crippen molar-refractivity contribution in [3.63, 3.8) is 0 Å². The fourth-order valence-corrected chi connectivity index (χ4v) is 2.63. The van der Waals surface area contributed by atoms with Crippen LogP contribution >= 0.6 is 0 Å². The van der Waals surface area contributed by atoms with Crippen molar-refractivity contribution in [2.75, 3.05) is 13.1 Å². The summed E-state index contributed by atoms with van der Waals surface area (Å²) in [7, 11) is 0. The molecule has 0 spiro atoms. The number of hydrogen-bond acceptors (Lipinski definition) is 2. The van der Waals surface area contributed by atoms with Gasteiger partial charge in [0.15, 0.2) is 0 Å². The molecule has 1 aromatic heterocycles. The molecule has 3 rings (SSSR count). The van der Waals surface area contributed by atoms with Gasteiger partial charge in [-0.15, -0.1) is 0 Å². The molecule has 1 saturated heterocycles. The second kappa shape index (κ2) is 4.52. The summed E-state index contributed by atoms with van der Waals surface area (Å²) in [6.07, 6.45) is -3.40. The third kappa shape index (κ3) is 2.45. The molecular weight excluding hydrogens is 255 g/mol. The average molecular weight is 269 g/mol. The van der Waals surface area contributed by atoms with E-state index in [-0.39, 0.29) is 5.92 Å². The number of benzene rings is 1. The molecule has 2 aromatic rings. The second-order valence-electron chi connectivity index (χ2n) is 4.85. The van der Waals surface area contributed by atoms with E-state index in [1.807, 2.05) is 0 Å². The number of nitrogens with zero attached hydrogens (tertiary/aromatic N) is 2. The van der Waals surface area contributed by atoms with Crippen LogP contribution in [0, 0.1) is 0 Å².